The van der Waals surface area contributed by atoms with Gasteiger partial charge in [0.2, 0.25) is 6.29 Å². The minimum atomic E-state index is -3.81. The fraction of sp³-hybridized carbons (Fsp3) is 0.100. The van der Waals surface area contributed by atoms with Gasteiger partial charge >= 0.3 is 10.1 Å². The molecule has 0 aliphatic heterocycles. The quantitative estimate of drug-likeness (QED) is 0.440. The van der Waals surface area contributed by atoms with E-state index in [4.69, 9.17) is 0 Å². The summed E-state index contributed by atoms with van der Waals surface area (Å²) in [6, 6.07) is 6.18. The first-order valence-electron chi connectivity index (χ1n) is 4.09. The minimum absolute atomic E-state index is 0.0450. The first-order chi connectivity index (χ1) is 7.06. The lowest BCUT2D eigenvalue weighted by Crippen LogP contribution is -2.01. The number of aryl methyl sites for hydroxylation is 1. The van der Waals surface area contributed by atoms with Crippen LogP contribution in [0.25, 0.3) is 0 Å². The molecule has 0 saturated carbocycles. The van der Waals surface area contributed by atoms with Crippen molar-refractivity contribution in [1.29, 1.82) is 0 Å². The Morgan fingerprint density at radius 1 is 1.27 bits per heavy atom. The highest BCUT2D eigenvalue weighted by atomic mass is 32.2. The third-order valence-corrected chi connectivity index (χ3v) is 2.84. The molecule has 1 aromatic rings. The number of benzene rings is 1. The summed E-state index contributed by atoms with van der Waals surface area (Å²) in [5.41, 5.74) is 0.950. The van der Waals surface area contributed by atoms with Gasteiger partial charge in [0.1, 0.15) is 11.2 Å². The molecule has 1 radical (unpaired) electrons. The van der Waals surface area contributed by atoms with Gasteiger partial charge in [-0.25, -0.2) is 0 Å². The van der Waals surface area contributed by atoms with Crippen molar-refractivity contribution in [3.8, 4) is 0 Å². The molecular weight excluding hydrogens is 216 g/mol. The number of hydrogen-bond donors (Lipinski definition) is 0. The second-order valence-corrected chi connectivity index (χ2v) is 4.36. The number of hydrogen-bond acceptors (Lipinski definition) is 4. The molecule has 0 amide bonds. The molecular formula is C10H9O4S. The molecule has 0 aliphatic rings. The lowest BCUT2D eigenvalue weighted by atomic mass is 10.2. The van der Waals surface area contributed by atoms with E-state index in [-0.39, 0.29) is 4.90 Å². The van der Waals surface area contributed by atoms with Crippen molar-refractivity contribution < 1.29 is 17.4 Å². The summed E-state index contributed by atoms with van der Waals surface area (Å²) in [5.74, 6) is 0. The Morgan fingerprint density at radius 2 is 1.87 bits per heavy atom. The molecule has 15 heavy (non-hydrogen) atoms. The molecule has 0 fully saturated rings. The summed E-state index contributed by atoms with van der Waals surface area (Å²) >= 11 is 0. The maximum absolute atomic E-state index is 11.4. The van der Waals surface area contributed by atoms with E-state index in [9.17, 15) is 13.2 Å². The van der Waals surface area contributed by atoms with Crippen molar-refractivity contribution in [3.63, 3.8) is 0 Å². The molecule has 0 aromatic heterocycles. The SMILES string of the molecule is Cc1ccc(S(=O)(=O)OC=C[C]=O)cc1. The molecule has 0 aliphatic carbocycles. The van der Waals surface area contributed by atoms with Crippen LogP contribution in [0.15, 0.2) is 41.5 Å². The Bertz CT molecular complexity index is 457. The molecule has 0 atom stereocenters. The van der Waals surface area contributed by atoms with Crippen LogP contribution in [0.5, 0.6) is 0 Å². The Labute approximate surface area is 88.3 Å². The second kappa shape index (κ2) is 4.75. The van der Waals surface area contributed by atoms with Crippen LogP contribution in [0.3, 0.4) is 0 Å². The number of rotatable bonds is 4. The van der Waals surface area contributed by atoms with E-state index in [1.807, 2.05) is 6.92 Å². The molecule has 1 aromatic carbocycles. The van der Waals surface area contributed by atoms with Crippen LogP contribution in [0.4, 0.5) is 0 Å². The van der Waals surface area contributed by atoms with Crippen molar-refractivity contribution in [1.82, 2.24) is 0 Å². The first kappa shape index (κ1) is 11.5. The van der Waals surface area contributed by atoms with Crippen LogP contribution >= 0.6 is 0 Å². The monoisotopic (exact) mass is 225 g/mol. The zero-order valence-corrected chi connectivity index (χ0v) is 8.82. The predicted molar refractivity (Wildman–Crippen MR) is 54.3 cm³/mol. The standard InChI is InChI=1S/C10H9O4S/c1-9-3-5-10(6-4-9)15(12,13)14-8-2-7-11/h2-6,8H,1H3. The summed E-state index contributed by atoms with van der Waals surface area (Å²) in [7, 11) is -3.81. The van der Waals surface area contributed by atoms with Crippen molar-refractivity contribution in [3.05, 3.63) is 42.2 Å². The minimum Gasteiger partial charge on any atom is -0.387 e. The summed E-state index contributed by atoms with van der Waals surface area (Å²) in [5, 5.41) is 0. The maximum Gasteiger partial charge on any atom is 0.338 e. The van der Waals surface area contributed by atoms with E-state index >= 15 is 0 Å². The molecule has 0 saturated heterocycles. The molecule has 0 bridgehead atoms. The number of allylic oxidation sites excluding steroid dienone is 1. The summed E-state index contributed by atoms with van der Waals surface area (Å²) < 4.78 is 27.3. The van der Waals surface area contributed by atoms with Gasteiger partial charge < -0.3 is 4.18 Å². The topological polar surface area (TPSA) is 60.4 Å². The predicted octanol–water partition coefficient (Wildman–Crippen LogP) is 1.32. The van der Waals surface area contributed by atoms with Gasteiger partial charge in [-0.1, -0.05) is 17.7 Å². The molecule has 79 valence electrons. The van der Waals surface area contributed by atoms with Gasteiger partial charge in [0.15, 0.2) is 0 Å². The average Bonchev–Trinajstić information content (AvgIpc) is 2.18. The van der Waals surface area contributed by atoms with Crippen LogP contribution in [0.1, 0.15) is 5.56 Å². The van der Waals surface area contributed by atoms with Gasteiger partial charge in [-0.05, 0) is 19.1 Å². The summed E-state index contributed by atoms with van der Waals surface area (Å²) in [6.07, 6.45) is 3.00. The zero-order chi connectivity index (χ0) is 11.3. The summed E-state index contributed by atoms with van der Waals surface area (Å²) in [4.78, 5) is 9.83. The molecule has 0 unspecified atom stereocenters. The highest BCUT2D eigenvalue weighted by molar-refractivity contribution is 7.86. The Balaban J connectivity index is 2.91. The normalized spacial score (nSPS) is 11.5. The average molecular weight is 225 g/mol. The largest absolute Gasteiger partial charge is 0.387 e. The molecule has 4 nitrogen and oxygen atoms in total. The van der Waals surface area contributed by atoms with E-state index in [0.717, 1.165) is 17.9 Å². The van der Waals surface area contributed by atoms with Crippen LogP contribution in [-0.4, -0.2) is 14.7 Å². The van der Waals surface area contributed by atoms with E-state index in [1.165, 1.54) is 18.4 Å². The van der Waals surface area contributed by atoms with Crippen molar-refractivity contribution in [2.75, 3.05) is 0 Å². The maximum atomic E-state index is 11.4. The zero-order valence-electron chi connectivity index (χ0n) is 8.01. The third kappa shape index (κ3) is 3.21. The highest BCUT2D eigenvalue weighted by Crippen LogP contribution is 2.13. The fourth-order valence-corrected chi connectivity index (χ4v) is 1.67. The van der Waals surface area contributed by atoms with Crippen molar-refractivity contribution in [2.24, 2.45) is 0 Å². The van der Waals surface area contributed by atoms with Crippen molar-refractivity contribution >= 4 is 16.4 Å². The Morgan fingerprint density at radius 3 is 2.40 bits per heavy atom. The summed E-state index contributed by atoms with van der Waals surface area (Å²) in [6.45, 7) is 1.85. The molecule has 1 rings (SSSR count). The molecule has 0 heterocycles. The first-order valence-corrected chi connectivity index (χ1v) is 5.50. The Hall–Kier alpha value is -1.62. The Kier molecular flexibility index (Phi) is 3.62. The van der Waals surface area contributed by atoms with Crippen LogP contribution in [0.2, 0.25) is 0 Å². The van der Waals surface area contributed by atoms with E-state index in [1.54, 1.807) is 12.1 Å². The van der Waals surface area contributed by atoms with Gasteiger partial charge in [-0.2, -0.15) is 8.42 Å². The van der Waals surface area contributed by atoms with Crippen LogP contribution < -0.4 is 0 Å². The van der Waals surface area contributed by atoms with Crippen molar-refractivity contribution in [2.45, 2.75) is 11.8 Å². The lowest BCUT2D eigenvalue weighted by molar-refractivity contribution is 0.443. The fourth-order valence-electron chi connectivity index (χ4n) is 0.889. The van der Waals surface area contributed by atoms with Gasteiger partial charge in [0.25, 0.3) is 0 Å². The van der Waals surface area contributed by atoms with E-state index < -0.39 is 10.1 Å². The van der Waals surface area contributed by atoms with Crippen LogP contribution in [0, 0.1) is 6.92 Å². The highest BCUT2D eigenvalue weighted by Gasteiger charge is 2.12. The smallest absolute Gasteiger partial charge is 0.338 e. The molecule has 0 spiro atoms. The van der Waals surface area contributed by atoms with E-state index in [2.05, 4.69) is 4.18 Å². The van der Waals surface area contributed by atoms with E-state index in [0.29, 0.717) is 0 Å². The van der Waals surface area contributed by atoms with Gasteiger partial charge in [-0.15, -0.1) is 0 Å². The van der Waals surface area contributed by atoms with Gasteiger partial charge in [0.05, 0.1) is 0 Å². The number of carbonyl (C=O) groups excluding carboxylic acids is 1. The van der Waals surface area contributed by atoms with Gasteiger partial charge in [0, 0.05) is 6.08 Å². The van der Waals surface area contributed by atoms with Gasteiger partial charge in [-0.3, -0.25) is 4.79 Å². The second-order valence-electron chi connectivity index (χ2n) is 2.78. The molecule has 0 N–H and O–H groups in total. The third-order valence-electron chi connectivity index (χ3n) is 1.63. The van der Waals surface area contributed by atoms with Crippen LogP contribution in [-0.2, 0) is 19.1 Å². The molecule has 5 heteroatoms. The lowest BCUT2D eigenvalue weighted by Gasteiger charge is -2.02.